The lowest BCUT2D eigenvalue weighted by molar-refractivity contribution is 0.367. The van der Waals surface area contributed by atoms with Crippen LogP contribution in [0, 0.1) is 0 Å². The van der Waals surface area contributed by atoms with Gasteiger partial charge in [0.1, 0.15) is 0 Å². The van der Waals surface area contributed by atoms with E-state index in [-0.39, 0.29) is 11.5 Å². The normalized spacial score (nSPS) is 18.4. The first kappa shape index (κ1) is 17.5. The molecule has 1 aromatic heterocycles. The van der Waals surface area contributed by atoms with Gasteiger partial charge in [0.2, 0.25) is 0 Å². The van der Waals surface area contributed by atoms with Crippen molar-refractivity contribution in [3.63, 3.8) is 0 Å². The number of rotatable bonds is 2. The zero-order chi connectivity index (χ0) is 18.3. The van der Waals surface area contributed by atoms with Crippen LogP contribution in [0.4, 0.5) is 0 Å². The van der Waals surface area contributed by atoms with Gasteiger partial charge < -0.3 is 5.32 Å². The highest BCUT2D eigenvalue weighted by Crippen LogP contribution is 2.40. The molecule has 1 atom stereocenters. The molecule has 0 saturated carbocycles. The smallest absolute Gasteiger partial charge is 0.0929 e. The molecule has 2 aromatic carbocycles. The number of hydrogen-bond acceptors (Lipinski definition) is 3. The van der Waals surface area contributed by atoms with Gasteiger partial charge in [-0.1, -0.05) is 41.4 Å². The Balaban J connectivity index is 1.82. The third-order valence-electron chi connectivity index (χ3n) is 5.06. The number of aromatic nitrogens is 2. The van der Waals surface area contributed by atoms with Crippen molar-refractivity contribution in [3.8, 4) is 11.3 Å². The topological polar surface area (TPSA) is 37.8 Å². The molecule has 132 valence electrons. The molecule has 0 saturated heterocycles. The molecule has 0 aliphatic carbocycles. The minimum absolute atomic E-state index is 0.125. The van der Waals surface area contributed by atoms with Crippen LogP contribution in [0.3, 0.4) is 0 Å². The van der Waals surface area contributed by atoms with Crippen LogP contribution in [0.25, 0.3) is 11.3 Å². The van der Waals surface area contributed by atoms with Crippen molar-refractivity contribution in [1.29, 1.82) is 0 Å². The average Bonchev–Trinajstić information content (AvgIpc) is 2.65. The molecule has 0 spiro atoms. The summed E-state index contributed by atoms with van der Waals surface area (Å²) in [6.45, 7) is 5.26. The number of hydrogen-bond donors (Lipinski definition) is 1. The molecule has 1 aliphatic rings. The summed E-state index contributed by atoms with van der Waals surface area (Å²) in [5.41, 5.74) is 5.56. The van der Waals surface area contributed by atoms with Crippen molar-refractivity contribution < 1.29 is 0 Å². The molecule has 0 bridgehead atoms. The Morgan fingerprint density at radius 2 is 1.88 bits per heavy atom. The maximum absolute atomic E-state index is 6.25. The Bertz CT molecular complexity index is 955. The average molecular weight is 384 g/mol. The van der Waals surface area contributed by atoms with Gasteiger partial charge in [0.05, 0.1) is 15.7 Å². The van der Waals surface area contributed by atoms with Gasteiger partial charge in [-0.3, -0.25) is 0 Å². The number of fused-ring (bicyclic) bond motifs is 1. The number of nitrogens with zero attached hydrogens (tertiary/aromatic N) is 2. The SMILES string of the molecule is CC1(C)NCC(c2ccc(Cl)c(Cl)c2)c2ccc(-c3cccnn3)cc21. The van der Waals surface area contributed by atoms with Crippen LogP contribution >= 0.6 is 23.2 Å². The summed E-state index contributed by atoms with van der Waals surface area (Å²) in [6, 6.07) is 16.3. The van der Waals surface area contributed by atoms with Gasteiger partial charge in [-0.05, 0) is 60.9 Å². The largest absolute Gasteiger partial charge is 0.307 e. The van der Waals surface area contributed by atoms with Crippen LogP contribution < -0.4 is 5.32 Å². The fourth-order valence-corrected chi connectivity index (χ4v) is 3.91. The summed E-state index contributed by atoms with van der Waals surface area (Å²) in [5, 5.41) is 13.1. The number of benzene rings is 2. The Morgan fingerprint density at radius 1 is 1.04 bits per heavy atom. The summed E-state index contributed by atoms with van der Waals surface area (Å²) in [6.07, 6.45) is 1.69. The second kappa shape index (κ2) is 6.66. The lowest BCUT2D eigenvalue weighted by Crippen LogP contribution is -2.44. The molecule has 0 amide bonds. The maximum atomic E-state index is 6.25. The minimum atomic E-state index is -0.125. The van der Waals surface area contributed by atoms with Gasteiger partial charge in [-0.15, -0.1) is 0 Å². The van der Waals surface area contributed by atoms with Crippen molar-refractivity contribution >= 4 is 23.2 Å². The highest BCUT2D eigenvalue weighted by atomic mass is 35.5. The molecule has 5 heteroatoms. The Labute approximate surface area is 163 Å². The molecule has 4 rings (SSSR count). The van der Waals surface area contributed by atoms with Gasteiger partial charge in [0.15, 0.2) is 0 Å². The molecule has 0 fully saturated rings. The van der Waals surface area contributed by atoms with Crippen LogP contribution in [-0.4, -0.2) is 16.7 Å². The van der Waals surface area contributed by atoms with E-state index in [1.54, 1.807) is 6.20 Å². The van der Waals surface area contributed by atoms with Crippen LogP contribution in [-0.2, 0) is 5.54 Å². The lowest BCUT2D eigenvalue weighted by Gasteiger charge is -2.39. The van der Waals surface area contributed by atoms with Gasteiger partial charge in [-0.2, -0.15) is 10.2 Å². The lowest BCUT2D eigenvalue weighted by atomic mass is 9.77. The molecule has 0 radical (unpaired) electrons. The molecule has 3 aromatic rings. The predicted octanol–water partition coefficient (Wildman–Crippen LogP) is 5.42. The van der Waals surface area contributed by atoms with Crippen LogP contribution in [0.2, 0.25) is 10.0 Å². The monoisotopic (exact) mass is 383 g/mol. The van der Waals surface area contributed by atoms with Gasteiger partial charge in [-0.25, -0.2) is 0 Å². The highest BCUT2D eigenvalue weighted by Gasteiger charge is 2.33. The molecule has 2 heterocycles. The molecule has 3 nitrogen and oxygen atoms in total. The van der Waals surface area contributed by atoms with E-state index in [0.717, 1.165) is 23.4 Å². The van der Waals surface area contributed by atoms with Crippen LogP contribution in [0.5, 0.6) is 0 Å². The minimum Gasteiger partial charge on any atom is -0.307 e. The van der Waals surface area contributed by atoms with E-state index < -0.39 is 0 Å². The van der Waals surface area contributed by atoms with E-state index in [2.05, 4.69) is 53.6 Å². The Hall–Kier alpha value is -1.94. The number of halogens is 2. The van der Waals surface area contributed by atoms with E-state index in [1.807, 2.05) is 24.3 Å². The predicted molar refractivity (Wildman–Crippen MR) is 107 cm³/mol. The summed E-state index contributed by atoms with van der Waals surface area (Å²) in [7, 11) is 0. The molecule has 1 N–H and O–H groups in total. The van der Waals surface area contributed by atoms with E-state index in [0.29, 0.717) is 10.0 Å². The van der Waals surface area contributed by atoms with E-state index in [1.165, 1.54) is 11.1 Å². The van der Waals surface area contributed by atoms with Crippen LogP contribution in [0.15, 0.2) is 54.7 Å². The zero-order valence-electron chi connectivity index (χ0n) is 14.6. The summed E-state index contributed by atoms with van der Waals surface area (Å²) in [4.78, 5) is 0. The van der Waals surface area contributed by atoms with E-state index >= 15 is 0 Å². The van der Waals surface area contributed by atoms with E-state index in [9.17, 15) is 0 Å². The Morgan fingerprint density at radius 3 is 2.62 bits per heavy atom. The summed E-state index contributed by atoms with van der Waals surface area (Å²) < 4.78 is 0. The fraction of sp³-hybridized carbons (Fsp3) is 0.238. The second-order valence-electron chi connectivity index (χ2n) is 7.14. The first-order valence-electron chi connectivity index (χ1n) is 8.58. The number of nitrogens with one attached hydrogen (secondary N) is 1. The first-order valence-corrected chi connectivity index (χ1v) is 9.34. The van der Waals surface area contributed by atoms with Gasteiger partial charge in [0, 0.05) is 29.8 Å². The quantitative estimate of drug-likeness (QED) is 0.641. The van der Waals surface area contributed by atoms with Crippen LogP contribution in [0.1, 0.15) is 36.5 Å². The van der Waals surface area contributed by atoms with Crippen molar-refractivity contribution in [2.24, 2.45) is 0 Å². The Kier molecular flexibility index (Phi) is 4.47. The van der Waals surface area contributed by atoms with Crippen molar-refractivity contribution in [2.75, 3.05) is 6.54 Å². The third kappa shape index (κ3) is 3.11. The summed E-state index contributed by atoms with van der Waals surface area (Å²) >= 11 is 12.3. The fourth-order valence-electron chi connectivity index (χ4n) is 3.61. The third-order valence-corrected chi connectivity index (χ3v) is 5.80. The zero-order valence-corrected chi connectivity index (χ0v) is 16.1. The maximum Gasteiger partial charge on any atom is 0.0929 e. The van der Waals surface area contributed by atoms with Crippen molar-refractivity contribution in [1.82, 2.24) is 15.5 Å². The molecule has 1 aliphatic heterocycles. The first-order chi connectivity index (χ1) is 12.5. The second-order valence-corrected chi connectivity index (χ2v) is 7.96. The molecular weight excluding hydrogens is 365 g/mol. The van der Waals surface area contributed by atoms with Gasteiger partial charge >= 0.3 is 0 Å². The van der Waals surface area contributed by atoms with E-state index in [4.69, 9.17) is 23.2 Å². The summed E-state index contributed by atoms with van der Waals surface area (Å²) in [5.74, 6) is 0.226. The van der Waals surface area contributed by atoms with Crippen molar-refractivity contribution in [2.45, 2.75) is 25.3 Å². The highest BCUT2D eigenvalue weighted by molar-refractivity contribution is 6.42. The molecule has 1 unspecified atom stereocenters. The molecule has 26 heavy (non-hydrogen) atoms. The van der Waals surface area contributed by atoms with Crippen molar-refractivity contribution in [3.05, 3.63) is 81.5 Å². The van der Waals surface area contributed by atoms with Gasteiger partial charge in [0.25, 0.3) is 0 Å². The molecular formula is C21H19Cl2N3. The standard InChI is InChI=1S/C21H19Cl2N3/c1-21(2)17-10-14(20-4-3-9-25-26-20)5-7-15(17)16(12-24-21)13-6-8-18(22)19(23)11-13/h3-11,16,24H,12H2,1-2H3.